The predicted octanol–water partition coefficient (Wildman–Crippen LogP) is 2.11. The Balaban J connectivity index is 2.61. The number of benzene rings is 1. The van der Waals surface area contributed by atoms with Crippen LogP contribution < -0.4 is 10.1 Å². The first-order chi connectivity index (χ1) is 9.19. The number of hydrogen-bond acceptors (Lipinski definition) is 3. The molecule has 1 aromatic rings. The van der Waals surface area contributed by atoms with Crippen molar-refractivity contribution in [3.63, 3.8) is 0 Å². The third-order valence-electron chi connectivity index (χ3n) is 2.46. The van der Waals surface area contributed by atoms with E-state index in [1.54, 1.807) is 30.4 Å². The summed E-state index contributed by atoms with van der Waals surface area (Å²) in [4.78, 5) is 11.2. The molecule has 0 unspecified atom stereocenters. The zero-order valence-electron chi connectivity index (χ0n) is 11.1. The molecule has 1 amide bonds. The van der Waals surface area contributed by atoms with Gasteiger partial charge in [0.2, 0.25) is 0 Å². The van der Waals surface area contributed by atoms with Crippen LogP contribution in [0.25, 0.3) is 0 Å². The Bertz CT molecular complexity index is 472. The molecule has 0 radical (unpaired) electrons. The fraction of sp³-hybridized carbons (Fsp3) is 0.462. The lowest BCUT2D eigenvalue weighted by atomic mass is 10.1. The Morgan fingerprint density at radius 3 is 2.65 bits per heavy atom. The minimum absolute atomic E-state index is 0.280. The molecule has 0 saturated heterocycles. The Morgan fingerprint density at radius 2 is 2.10 bits per heavy atom. The first-order valence-corrected chi connectivity index (χ1v) is 5.94. The van der Waals surface area contributed by atoms with E-state index in [-0.39, 0.29) is 5.75 Å². The molecule has 1 atom stereocenters. The van der Waals surface area contributed by atoms with Crippen LogP contribution >= 0.6 is 0 Å². The van der Waals surface area contributed by atoms with Crippen LogP contribution in [0.15, 0.2) is 18.2 Å². The fourth-order valence-electron chi connectivity index (χ4n) is 1.50. The van der Waals surface area contributed by atoms with Crippen LogP contribution in [0.5, 0.6) is 5.75 Å². The molecule has 0 aromatic heterocycles. The molecular formula is C13H16F3NO3. The topological polar surface area (TPSA) is 58.6 Å². The standard InChI is InChI=1S/C13H16F3NO3/c1-8-3-4-10(9(2)18)11(5-8)20-6-12(19)17-7-13(14,15)16/h3-5,9,18H,6-7H2,1-2H3,(H,17,19)/t9-/m0/s1. The molecule has 1 aromatic carbocycles. The molecule has 112 valence electrons. The van der Waals surface area contributed by atoms with Gasteiger partial charge in [-0.05, 0) is 25.5 Å². The summed E-state index contributed by atoms with van der Waals surface area (Å²) in [6.45, 7) is 1.38. The van der Waals surface area contributed by atoms with Crippen molar-refractivity contribution in [2.45, 2.75) is 26.1 Å². The van der Waals surface area contributed by atoms with Gasteiger partial charge in [-0.1, -0.05) is 12.1 Å². The van der Waals surface area contributed by atoms with E-state index in [9.17, 15) is 23.1 Å². The van der Waals surface area contributed by atoms with Gasteiger partial charge in [-0.3, -0.25) is 4.79 Å². The summed E-state index contributed by atoms with van der Waals surface area (Å²) < 4.78 is 40.9. The second-order valence-corrected chi connectivity index (χ2v) is 4.40. The highest BCUT2D eigenvalue weighted by Crippen LogP contribution is 2.26. The number of aliphatic hydroxyl groups is 1. The van der Waals surface area contributed by atoms with E-state index in [0.29, 0.717) is 5.56 Å². The number of carbonyl (C=O) groups excluding carboxylic acids is 1. The maximum atomic E-state index is 11.9. The van der Waals surface area contributed by atoms with E-state index in [1.807, 2.05) is 0 Å². The van der Waals surface area contributed by atoms with Gasteiger partial charge < -0.3 is 15.2 Å². The molecule has 0 saturated carbocycles. The van der Waals surface area contributed by atoms with Gasteiger partial charge in [-0.2, -0.15) is 13.2 Å². The Labute approximate surface area is 114 Å². The lowest BCUT2D eigenvalue weighted by Gasteiger charge is -2.14. The molecule has 4 nitrogen and oxygen atoms in total. The van der Waals surface area contributed by atoms with Crippen LogP contribution in [0.3, 0.4) is 0 Å². The van der Waals surface area contributed by atoms with Gasteiger partial charge in [-0.15, -0.1) is 0 Å². The fourth-order valence-corrected chi connectivity index (χ4v) is 1.50. The van der Waals surface area contributed by atoms with Crippen molar-refractivity contribution in [3.8, 4) is 5.75 Å². The van der Waals surface area contributed by atoms with Crippen LogP contribution in [-0.4, -0.2) is 30.3 Å². The molecule has 2 N–H and O–H groups in total. The highest BCUT2D eigenvalue weighted by atomic mass is 19.4. The van der Waals surface area contributed by atoms with Crippen molar-refractivity contribution in [2.24, 2.45) is 0 Å². The van der Waals surface area contributed by atoms with E-state index in [4.69, 9.17) is 4.74 Å². The molecule has 20 heavy (non-hydrogen) atoms. The van der Waals surface area contributed by atoms with Crippen molar-refractivity contribution in [3.05, 3.63) is 29.3 Å². The van der Waals surface area contributed by atoms with Crippen LogP contribution in [0.2, 0.25) is 0 Å². The van der Waals surface area contributed by atoms with Crippen LogP contribution in [0.1, 0.15) is 24.2 Å². The number of aliphatic hydroxyl groups excluding tert-OH is 1. The molecule has 1 rings (SSSR count). The third kappa shape index (κ3) is 5.48. The Kier molecular flexibility index (Phi) is 5.38. The molecule has 0 spiro atoms. The smallest absolute Gasteiger partial charge is 0.405 e. The number of carbonyl (C=O) groups is 1. The zero-order chi connectivity index (χ0) is 15.3. The van der Waals surface area contributed by atoms with Gasteiger partial charge in [0.15, 0.2) is 6.61 Å². The summed E-state index contributed by atoms with van der Waals surface area (Å²) in [7, 11) is 0. The highest BCUT2D eigenvalue weighted by molar-refractivity contribution is 5.77. The predicted molar refractivity (Wildman–Crippen MR) is 66.4 cm³/mol. The first-order valence-electron chi connectivity index (χ1n) is 5.94. The van der Waals surface area contributed by atoms with Crippen LogP contribution in [0.4, 0.5) is 13.2 Å². The van der Waals surface area contributed by atoms with Gasteiger partial charge in [-0.25, -0.2) is 0 Å². The third-order valence-corrected chi connectivity index (χ3v) is 2.46. The summed E-state index contributed by atoms with van der Waals surface area (Å²) in [6.07, 6.45) is -5.26. The van der Waals surface area contributed by atoms with Crippen molar-refractivity contribution >= 4 is 5.91 Å². The number of rotatable bonds is 5. The summed E-state index contributed by atoms with van der Waals surface area (Å²) in [5, 5.41) is 11.2. The lowest BCUT2D eigenvalue weighted by Crippen LogP contribution is -2.36. The van der Waals surface area contributed by atoms with Gasteiger partial charge in [0.25, 0.3) is 5.91 Å². The van der Waals surface area contributed by atoms with Crippen molar-refractivity contribution in [1.82, 2.24) is 5.32 Å². The van der Waals surface area contributed by atoms with Crippen molar-refractivity contribution < 1.29 is 27.8 Å². The van der Waals surface area contributed by atoms with E-state index < -0.39 is 31.3 Å². The maximum Gasteiger partial charge on any atom is 0.405 e. The minimum atomic E-state index is -4.45. The highest BCUT2D eigenvalue weighted by Gasteiger charge is 2.27. The summed E-state index contributed by atoms with van der Waals surface area (Å²) >= 11 is 0. The number of aryl methyl sites for hydroxylation is 1. The molecule has 7 heteroatoms. The summed E-state index contributed by atoms with van der Waals surface area (Å²) in [6, 6.07) is 5.01. The zero-order valence-corrected chi connectivity index (χ0v) is 11.1. The Morgan fingerprint density at radius 1 is 1.45 bits per heavy atom. The number of hydrogen-bond donors (Lipinski definition) is 2. The van der Waals surface area contributed by atoms with Gasteiger partial charge in [0, 0.05) is 5.56 Å². The van der Waals surface area contributed by atoms with E-state index >= 15 is 0 Å². The van der Waals surface area contributed by atoms with E-state index in [1.165, 1.54) is 6.92 Å². The van der Waals surface area contributed by atoms with E-state index in [2.05, 4.69) is 0 Å². The largest absolute Gasteiger partial charge is 0.483 e. The number of nitrogens with one attached hydrogen (secondary N) is 1. The number of amides is 1. The van der Waals surface area contributed by atoms with Gasteiger partial charge >= 0.3 is 6.18 Å². The quantitative estimate of drug-likeness (QED) is 0.873. The number of alkyl halides is 3. The average Bonchev–Trinajstić information content (AvgIpc) is 2.32. The van der Waals surface area contributed by atoms with Crippen LogP contribution in [0, 0.1) is 6.92 Å². The second kappa shape index (κ2) is 6.60. The monoisotopic (exact) mass is 291 g/mol. The van der Waals surface area contributed by atoms with Gasteiger partial charge in [0.05, 0.1) is 6.10 Å². The molecule has 0 fully saturated rings. The lowest BCUT2D eigenvalue weighted by molar-refractivity contribution is -0.139. The van der Waals surface area contributed by atoms with Crippen LogP contribution in [-0.2, 0) is 4.79 Å². The SMILES string of the molecule is Cc1ccc([C@H](C)O)c(OCC(=O)NCC(F)(F)F)c1. The maximum absolute atomic E-state index is 11.9. The van der Waals surface area contributed by atoms with Gasteiger partial charge in [0.1, 0.15) is 12.3 Å². The number of ether oxygens (including phenoxy) is 1. The molecule has 0 aliphatic rings. The number of halogens is 3. The minimum Gasteiger partial charge on any atom is -0.483 e. The summed E-state index contributed by atoms with van der Waals surface area (Å²) in [5.41, 5.74) is 1.32. The molecule has 0 heterocycles. The van der Waals surface area contributed by atoms with E-state index in [0.717, 1.165) is 5.56 Å². The first kappa shape index (κ1) is 16.3. The molecule has 0 bridgehead atoms. The Hall–Kier alpha value is -1.76. The van der Waals surface area contributed by atoms with Crippen molar-refractivity contribution in [2.75, 3.05) is 13.2 Å². The summed E-state index contributed by atoms with van der Waals surface area (Å²) in [5.74, 6) is -0.595. The molecule has 0 aliphatic heterocycles. The normalized spacial score (nSPS) is 12.9. The second-order valence-electron chi connectivity index (χ2n) is 4.40. The van der Waals surface area contributed by atoms with Crippen molar-refractivity contribution in [1.29, 1.82) is 0 Å². The molecular weight excluding hydrogens is 275 g/mol. The average molecular weight is 291 g/mol. The molecule has 0 aliphatic carbocycles.